The Morgan fingerprint density at radius 3 is 2.07 bits per heavy atom. The number of carboxylic acid groups (broad SMARTS) is 1. The zero-order valence-electron chi connectivity index (χ0n) is 22.2. The number of anilines is 1. The highest BCUT2D eigenvalue weighted by Crippen LogP contribution is 2.36. The van der Waals surface area contributed by atoms with Crippen LogP contribution in [0.5, 0.6) is 5.75 Å². The fourth-order valence-corrected chi connectivity index (χ4v) is 7.11. The van der Waals surface area contributed by atoms with Gasteiger partial charge in [0.15, 0.2) is 28.2 Å². The average molecular weight is 626 g/mol. The lowest BCUT2D eigenvalue weighted by molar-refractivity contribution is -0.125. The van der Waals surface area contributed by atoms with Crippen LogP contribution < -0.4 is 4.90 Å². The van der Waals surface area contributed by atoms with Gasteiger partial charge in [-0.1, -0.05) is 18.9 Å². The zero-order valence-corrected chi connectivity index (χ0v) is 23.1. The number of hydrogen-bond donors (Lipinski definition) is 2. The maximum Gasteiger partial charge on any atom is 0.339 e. The van der Waals surface area contributed by atoms with Gasteiger partial charge in [-0.25, -0.2) is 35.2 Å². The van der Waals surface area contributed by atoms with Crippen molar-refractivity contribution in [2.45, 2.75) is 55.5 Å². The largest absolute Gasteiger partial charge is 0.507 e. The number of nitrogens with zero attached hydrogens (tertiary/aromatic N) is 3. The molecule has 15 heteroatoms. The summed E-state index contributed by atoms with van der Waals surface area (Å²) >= 11 is 0. The summed E-state index contributed by atoms with van der Waals surface area (Å²) in [6.45, 7) is -0.758. The number of phenols is 1. The average Bonchev–Trinajstić information content (AvgIpc) is 3.48. The number of hydrogen-bond acceptors (Lipinski definition) is 6. The highest BCUT2D eigenvalue weighted by Gasteiger charge is 2.48. The summed E-state index contributed by atoms with van der Waals surface area (Å²) in [4.78, 5) is 28.5. The summed E-state index contributed by atoms with van der Waals surface area (Å²) < 4.78 is 96.7. The first kappa shape index (κ1) is 30.4. The minimum atomic E-state index is -5.40. The van der Waals surface area contributed by atoms with Gasteiger partial charge in [-0.3, -0.25) is 9.78 Å². The van der Waals surface area contributed by atoms with Crippen LogP contribution in [0.4, 0.5) is 27.6 Å². The van der Waals surface area contributed by atoms with Crippen molar-refractivity contribution in [3.05, 3.63) is 82.4 Å². The van der Waals surface area contributed by atoms with Crippen molar-refractivity contribution in [2.24, 2.45) is 0 Å². The van der Waals surface area contributed by atoms with Crippen LogP contribution in [0.15, 0.2) is 41.4 Å². The zero-order chi connectivity index (χ0) is 31.2. The van der Waals surface area contributed by atoms with Gasteiger partial charge in [-0.15, -0.1) is 0 Å². The number of carbonyl (C=O) groups excluding carboxylic acids is 1. The monoisotopic (exact) mass is 625 g/mol. The smallest absolute Gasteiger partial charge is 0.339 e. The molecule has 2 N–H and O–H groups in total. The van der Waals surface area contributed by atoms with E-state index < -0.39 is 79.8 Å². The van der Waals surface area contributed by atoms with Gasteiger partial charge >= 0.3 is 5.97 Å². The van der Waals surface area contributed by atoms with E-state index in [0.29, 0.717) is 15.9 Å². The summed E-state index contributed by atoms with van der Waals surface area (Å²) in [6, 6.07) is 5.05. The van der Waals surface area contributed by atoms with Crippen molar-refractivity contribution >= 4 is 27.6 Å². The van der Waals surface area contributed by atoms with Crippen molar-refractivity contribution in [1.29, 1.82) is 0 Å². The summed E-state index contributed by atoms with van der Waals surface area (Å²) in [7, 11) is -5.40. The number of sulfonamides is 1. The Hall–Kier alpha value is -4.11. The Balaban J connectivity index is 1.49. The number of halogens is 5. The quantitative estimate of drug-likeness (QED) is 0.208. The van der Waals surface area contributed by atoms with Crippen LogP contribution >= 0.6 is 0 Å². The van der Waals surface area contributed by atoms with Gasteiger partial charge < -0.3 is 15.1 Å². The summed E-state index contributed by atoms with van der Waals surface area (Å²) in [5.41, 5.74) is 0.802. The third-order valence-electron chi connectivity index (χ3n) is 7.78. The van der Waals surface area contributed by atoms with Crippen molar-refractivity contribution in [1.82, 2.24) is 9.29 Å². The van der Waals surface area contributed by atoms with Crippen molar-refractivity contribution in [3.63, 3.8) is 0 Å². The molecule has 9 nitrogen and oxygen atoms in total. The molecule has 1 atom stereocenters. The predicted molar refractivity (Wildman–Crippen MR) is 140 cm³/mol. The van der Waals surface area contributed by atoms with E-state index >= 15 is 0 Å². The Kier molecular flexibility index (Phi) is 8.13. The summed E-state index contributed by atoms with van der Waals surface area (Å²) in [5, 5.41) is 19.5. The minimum absolute atomic E-state index is 0.0605. The van der Waals surface area contributed by atoms with E-state index in [1.807, 2.05) is 6.07 Å². The summed E-state index contributed by atoms with van der Waals surface area (Å²) in [5.74, 6) is -15.4. The number of rotatable bonds is 8. The lowest BCUT2D eigenvalue weighted by Crippen LogP contribution is -2.59. The van der Waals surface area contributed by atoms with Crippen LogP contribution in [-0.4, -0.2) is 52.4 Å². The van der Waals surface area contributed by atoms with Gasteiger partial charge in [-0.05, 0) is 48.9 Å². The van der Waals surface area contributed by atoms with E-state index in [9.17, 15) is 50.2 Å². The molecule has 228 valence electrons. The first-order chi connectivity index (χ1) is 20.3. The molecule has 1 aliphatic carbocycles. The van der Waals surface area contributed by atoms with E-state index in [0.717, 1.165) is 48.3 Å². The molecule has 3 aromatic rings. The molecule has 1 aliphatic heterocycles. The van der Waals surface area contributed by atoms with Crippen molar-refractivity contribution in [3.8, 4) is 5.75 Å². The number of pyridine rings is 1. The number of aromatic hydroxyl groups is 1. The summed E-state index contributed by atoms with van der Waals surface area (Å²) in [6.07, 6.45) is 5.69. The Labute approximate surface area is 242 Å². The van der Waals surface area contributed by atoms with E-state index in [4.69, 9.17) is 0 Å². The number of carboxylic acids is 1. The van der Waals surface area contributed by atoms with Crippen LogP contribution in [0.3, 0.4) is 0 Å². The number of aromatic carboxylic acids is 1. The van der Waals surface area contributed by atoms with Gasteiger partial charge in [0.05, 0.1) is 12.2 Å². The molecule has 43 heavy (non-hydrogen) atoms. The molecule has 0 bridgehead atoms. The molecule has 2 heterocycles. The van der Waals surface area contributed by atoms with E-state index in [-0.39, 0.29) is 18.7 Å². The third-order valence-corrected chi connectivity index (χ3v) is 9.70. The molecular weight excluding hydrogens is 601 g/mol. The normalized spacial score (nSPS) is 17.6. The van der Waals surface area contributed by atoms with Crippen LogP contribution in [0.2, 0.25) is 0 Å². The molecule has 1 aromatic heterocycles. The highest BCUT2D eigenvalue weighted by molar-refractivity contribution is 7.89. The first-order valence-electron chi connectivity index (χ1n) is 13.2. The molecule has 0 radical (unpaired) electrons. The second-order valence-corrected chi connectivity index (χ2v) is 12.1. The number of benzene rings is 2. The van der Waals surface area contributed by atoms with Gasteiger partial charge in [0.1, 0.15) is 17.4 Å². The van der Waals surface area contributed by atoms with E-state index in [1.54, 1.807) is 12.3 Å². The lowest BCUT2D eigenvalue weighted by atomic mass is 9.99. The Bertz CT molecular complexity index is 1690. The Morgan fingerprint density at radius 1 is 0.930 bits per heavy atom. The van der Waals surface area contributed by atoms with Crippen molar-refractivity contribution in [2.75, 3.05) is 11.4 Å². The van der Waals surface area contributed by atoms with Crippen LogP contribution in [0, 0.1) is 29.1 Å². The fraction of sp³-hybridized carbons (Fsp3) is 0.321. The maximum absolute atomic E-state index is 14.4. The van der Waals surface area contributed by atoms with Gasteiger partial charge in [0.2, 0.25) is 21.7 Å². The molecule has 1 saturated carbocycles. The van der Waals surface area contributed by atoms with E-state index in [2.05, 4.69) is 4.98 Å². The van der Waals surface area contributed by atoms with Gasteiger partial charge in [0, 0.05) is 24.5 Å². The maximum atomic E-state index is 14.4. The molecule has 2 fully saturated rings. The second kappa shape index (κ2) is 11.5. The van der Waals surface area contributed by atoms with Crippen LogP contribution in [0.25, 0.3) is 0 Å². The molecular formula is C28H24F5N3O6S. The van der Waals surface area contributed by atoms with Crippen LogP contribution in [-0.2, 0) is 21.4 Å². The topological polar surface area (TPSA) is 128 Å². The third kappa shape index (κ3) is 5.42. The molecule has 1 amide bonds. The second-order valence-electron chi connectivity index (χ2n) is 10.3. The molecule has 0 unspecified atom stereocenters. The number of aromatic nitrogens is 1. The molecule has 0 spiro atoms. The lowest BCUT2D eigenvalue weighted by Gasteiger charge is -2.41. The molecule has 2 aliphatic rings. The van der Waals surface area contributed by atoms with Crippen molar-refractivity contribution < 1.29 is 50.2 Å². The predicted octanol–water partition coefficient (Wildman–Crippen LogP) is 4.83. The molecule has 2 aromatic carbocycles. The molecule has 5 rings (SSSR count). The van der Waals surface area contributed by atoms with E-state index in [1.165, 1.54) is 6.07 Å². The molecule has 1 saturated heterocycles. The fourth-order valence-electron chi connectivity index (χ4n) is 5.36. The highest BCUT2D eigenvalue weighted by atomic mass is 32.2. The SMILES string of the molecule is O=C(O)c1ccc(N(Cc2ccc(C3CCCC3)cn2)C(=O)[C@H]2CCN2S(=O)(=O)c2c(F)c(F)c(F)c(F)c2F)cc1O. The number of carbonyl (C=O) groups is 2. The first-order valence-corrected chi connectivity index (χ1v) is 14.6. The minimum Gasteiger partial charge on any atom is -0.507 e. The Morgan fingerprint density at radius 2 is 1.56 bits per heavy atom. The standard InChI is InChI=1S/C28H24F5N3O6S/c29-21-22(30)24(32)26(25(33)23(21)31)43(41,42)36-10-9-19(36)27(38)35(17-7-8-18(28(39)40)20(37)11-17)13-16-6-5-15(12-34-16)14-3-1-2-4-14/h5-8,11-12,14,19,37H,1-4,9-10,13H2,(H,39,40)/t19-/m1/s1. The van der Waals surface area contributed by atoms with Gasteiger partial charge in [0.25, 0.3) is 0 Å². The van der Waals surface area contributed by atoms with Gasteiger partial charge in [-0.2, -0.15) is 4.31 Å². The number of amides is 1. The van der Waals surface area contributed by atoms with Crippen LogP contribution in [0.1, 0.15) is 59.6 Å².